The van der Waals surface area contributed by atoms with Crippen molar-refractivity contribution in [1.82, 2.24) is 0 Å². The molecule has 0 fully saturated rings. The number of hydrogen-bond donors (Lipinski definition) is 0. The average Bonchev–Trinajstić information content (AvgIpc) is 2.26. The van der Waals surface area contributed by atoms with Crippen molar-refractivity contribution in [2.75, 3.05) is 14.2 Å². The molecular formula is C13H18O3. The maximum absolute atomic E-state index is 5.77. The van der Waals surface area contributed by atoms with Gasteiger partial charge in [0.1, 0.15) is 0 Å². The maximum Gasteiger partial charge on any atom is 0.161 e. The van der Waals surface area contributed by atoms with Crippen molar-refractivity contribution in [1.29, 1.82) is 0 Å². The van der Waals surface area contributed by atoms with Crippen molar-refractivity contribution < 1.29 is 14.2 Å². The van der Waals surface area contributed by atoms with Crippen LogP contribution in [-0.2, 0) is 17.8 Å². The molecule has 0 saturated carbocycles. The maximum atomic E-state index is 5.77. The quantitative estimate of drug-likeness (QED) is 0.769. The summed E-state index contributed by atoms with van der Waals surface area (Å²) in [7, 11) is 3.31. The lowest BCUT2D eigenvalue weighted by atomic mass is 9.91. The van der Waals surface area contributed by atoms with E-state index in [0.717, 1.165) is 17.9 Å². The van der Waals surface area contributed by atoms with Crippen LogP contribution in [0.15, 0.2) is 12.1 Å². The molecule has 2 rings (SSSR count). The molecule has 1 aromatic rings. The molecule has 0 saturated heterocycles. The molecule has 0 spiro atoms. The van der Waals surface area contributed by atoms with E-state index in [9.17, 15) is 0 Å². The van der Waals surface area contributed by atoms with E-state index in [1.165, 1.54) is 11.1 Å². The van der Waals surface area contributed by atoms with Gasteiger partial charge in [0, 0.05) is 6.42 Å². The summed E-state index contributed by atoms with van der Waals surface area (Å²) in [5.74, 6) is 1.56. The fourth-order valence-corrected chi connectivity index (χ4v) is 2.04. The van der Waals surface area contributed by atoms with Gasteiger partial charge in [-0.25, -0.2) is 0 Å². The lowest BCUT2D eigenvalue weighted by Gasteiger charge is -2.32. The van der Waals surface area contributed by atoms with Gasteiger partial charge in [-0.05, 0) is 37.1 Å². The lowest BCUT2D eigenvalue weighted by molar-refractivity contribution is -0.0402. The summed E-state index contributed by atoms with van der Waals surface area (Å²) in [4.78, 5) is 0. The Hall–Kier alpha value is -1.22. The number of hydrogen-bond acceptors (Lipinski definition) is 3. The highest BCUT2D eigenvalue weighted by atomic mass is 16.5. The van der Waals surface area contributed by atoms with E-state index in [4.69, 9.17) is 14.2 Å². The normalized spacial score (nSPS) is 17.8. The summed E-state index contributed by atoms with van der Waals surface area (Å²) in [5, 5.41) is 0. The van der Waals surface area contributed by atoms with Crippen LogP contribution < -0.4 is 9.47 Å². The van der Waals surface area contributed by atoms with Gasteiger partial charge in [0.25, 0.3) is 0 Å². The van der Waals surface area contributed by atoms with Crippen molar-refractivity contribution in [3.63, 3.8) is 0 Å². The number of methoxy groups -OCH3 is 2. The van der Waals surface area contributed by atoms with E-state index >= 15 is 0 Å². The molecule has 1 aromatic carbocycles. The molecular weight excluding hydrogens is 204 g/mol. The van der Waals surface area contributed by atoms with E-state index in [2.05, 4.69) is 19.9 Å². The Morgan fingerprint density at radius 3 is 2.19 bits per heavy atom. The first kappa shape index (κ1) is 11.3. The van der Waals surface area contributed by atoms with Crippen molar-refractivity contribution in [3.05, 3.63) is 23.3 Å². The highest BCUT2D eigenvalue weighted by Gasteiger charge is 2.27. The van der Waals surface area contributed by atoms with Gasteiger partial charge in [-0.1, -0.05) is 0 Å². The van der Waals surface area contributed by atoms with Gasteiger partial charge in [0.15, 0.2) is 11.5 Å². The third kappa shape index (κ3) is 2.00. The van der Waals surface area contributed by atoms with Gasteiger partial charge in [-0.2, -0.15) is 0 Å². The van der Waals surface area contributed by atoms with Crippen LogP contribution in [0.1, 0.15) is 25.0 Å². The molecule has 0 unspecified atom stereocenters. The second-order valence-electron chi connectivity index (χ2n) is 4.70. The van der Waals surface area contributed by atoms with Gasteiger partial charge >= 0.3 is 0 Å². The van der Waals surface area contributed by atoms with E-state index in [0.29, 0.717) is 6.61 Å². The summed E-state index contributed by atoms with van der Waals surface area (Å²) in [6, 6.07) is 4.06. The monoisotopic (exact) mass is 222 g/mol. The Kier molecular flexibility index (Phi) is 2.80. The molecule has 3 heteroatoms. The van der Waals surface area contributed by atoms with Gasteiger partial charge in [0.2, 0.25) is 0 Å². The summed E-state index contributed by atoms with van der Waals surface area (Å²) in [6.07, 6.45) is 0.905. The van der Waals surface area contributed by atoms with Gasteiger partial charge in [0.05, 0.1) is 26.4 Å². The van der Waals surface area contributed by atoms with Crippen LogP contribution in [0.2, 0.25) is 0 Å². The zero-order chi connectivity index (χ0) is 11.8. The van der Waals surface area contributed by atoms with Crippen molar-refractivity contribution in [3.8, 4) is 11.5 Å². The predicted octanol–water partition coefficient (Wildman–Crippen LogP) is 2.56. The molecule has 0 radical (unpaired) electrons. The van der Waals surface area contributed by atoms with Crippen LogP contribution in [0, 0.1) is 0 Å². The molecule has 0 aliphatic carbocycles. The fourth-order valence-electron chi connectivity index (χ4n) is 2.04. The van der Waals surface area contributed by atoms with E-state index in [1.807, 2.05) is 6.07 Å². The molecule has 0 aromatic heterocycles. The Balaban J connectivity index is 2.42. The summed E-state index contributed by atoms with van der Waals surface area (Å²) >= 11 is 0. The van der Waals surface area contributed by atoms with Crippen LogP contribution in [-0.4, -0.2) is 19.8 Å². The van der Waals surface area contributed by atoms with E-state index < -0.39 is 0 Å². The Morgan fingerprint density at radius 2 is 1.62 bits per heavy atom. The second-order valence-corrected chi connectivity index (χ2v) is 4.70. The molecule has 88 valence electrons. The summed E-state index contributed by atoms with van der Waals surface area (Å²) in [6.45, 7) is 4.85. The zero-order valence-electron chi connectivity index (χ0n) is 10.3. The molecule has 1 aliphatic rings. The first-order chi connectivity index (χ1) is 7.55. The van der Waals surface area contributed by atoms with Crippen LogP contribution in [0.25, 0.3) is 0 Å². The standard InChI is InChI=1S/C13H18O3/c1-13(2)7-9-5-11(14-3)12(15-4)6-10(9)8-16-13/h5-6H,7-8H2,1-4H3. The van der Waals surface area contributed by atoms with Crippen molar-refractivity contribution in [2.45, 2.75) is 32.5 Å². The number of rotatable bonds is 2. The minimum absolute atomic E-state index is 0.0907. The first-order valence-corrected chi connectivity index (χ1v) is 5.43. The third-order valence-electron chi connectivity index (χ3n) is 2.94. The number of ether oxygens (including phenoxy) is 3. The first-order valence-electron chi connectivity index (χ1n) is 5.43. The molecule has 1 heterocycles. The SMILES string of the molecule is COc1cc2c(cc1OC)CC(C)(C)OC2. The number of fused-ring (bicyclic) bond motifs is 1. The molecule has 16 heavy (non-hydrogen) atoms. The fraction of sp³-hybridized carbons (Fsp3) is 0.538. The molecule has 0 atom stereocenters. The third-order valence-corrected chi connectivity index (χ3v) is 2.94. The van der Waals surface area contributed by atoms with E-state index in [1.54, 1.807) is 14.2 Å². The molecule has 0 bridgehead atoms. The minimum Gasteiger partial charge on any atom is -0.493 e. The largest absolute Gasteiger partial charge is 0.493 e. The molecule has 3 nitrogen and oxygen atoms in total. The topological polar surface area (TPSA) is 27.7 Å². The summed E-state index contributed by atoms with van der Waals surface area (Å²) < 4.78 is 16.3. The van der Waals surface area contributed by atoms with Crippen LogP contribution in [0.4, 0.5) is 0 Å². The lowest BCUT2D eigenvalue weighted by Crippen LogP contribution is -2.31. The highest BCUT2D eigenvalue weighted by Crippen LogP contribution is 2.36. The average molecular weight is 222 g/mol. The highest BCUT2D eigenvalue weighted by molar-refractivity contribution is 5.48. The Bertz CT molecular complexity index is 396. The zero-order valence-corrected chi connectivity index (χ0v) is 10.3. The van der Waals surface area contributed by atoms with Crippen LogP contribution in [0.5, 0.6) is 11.5 Å². The summed E-state index contributed by atoms with van der Waals surface area (Å²) in [5.41, 5.74) is 2.39. The van der Waals surface area contributed by atoms with Gasteiger partial charge < -0.3 is 14.2 Å². The van der Waals surface area contributed by atoms with Crippen LogP contribution in [0.3, 0.4) is 0 Å². The molecule has 0 N–H and O–H groups in total. The number of benzene rings is 1. The second kappa shape index (κ2) is 3.98. The predicted molar refractivity (Wildman–Crippen MR) is 62.1 cm³/mol. The molecule has 1 aliphatic heterocycles. The smallest absolute Gasteiger partial charge is 0.161 e. The Morgan fingerprint density at radius 1 is 1.06 bits per heavy atom. The van der Waals surface area contributed by atoms with Crippen molar-refractivity contribution in [2.24, 2.45) is 0 Å². The van der Waals surface area contributed by atoms with Crippen molar-refractivity contribution >= 4 is 0 Å². The Labute approximate surface area is 96.3 Å². The van der Waals surface area contributed by atoms with Gasteiger partial charge in [-0.15, -0.1) is 0 Å². The van der Waals surface area contributed by atoms with Crippen LogP contribution >= 0.6 is 0 Å². The van der Waals surface area contributed by atoms with Gasteiger partial charge in [-0.3, -0.25) is 0 Å². The molecule has 0 amide bonds. The minimum atomic E-state index is -0.0907. The van der Waals surface area contributed by atoms with E-state index in [-0.39, 0.29) is 5.60 Å².